The maximum atomic E-state index is 13.0. The van der Waals surface area contributed by atoms with Gasteiger partial charge in [-0.2, -0.15) is 0 Å². The molecule has 0 heterocycles. The van der Waals surface area contributed by atoms with E-state index in [-0.39, 0.29) is 11.0 Å². The summed E-state index contributed by atoms with van der Waals surface area (Å²) in [6.45, 7) is 6.55. The van der Waals surface area contributed by atoms with Crippen molar-refractivity contribution in [3.63, 3.8) is 0 Å². The number of allylic oxidation sites excluding steroid dienone is 4. The minimum absolute atomic E-state index is 0.0383. The summed E-state index contributed by atoms with van der Waals surface area (Å²) in [6.07, 6.45) is 43.7. The predicted octanol–water partition coefficient (Wildman–Crippen LogP) is 13.7. The molecule has 44 heavy (non-hydrogen) atoms. The Hall–Kier alpha value is -0.790. The highest BCUT2D eigenvalue weighted by Crippen LogP contribution is 2.46. The Morgan fingerprint density at radius 2 is 0.750 bits per heavy atom. The van der Waals surface area contributed by atoms with Crippen molar-refractivity contribution < 1.29 is 14.7 Å². The van der Waals surface area contributed by atoms with Crippen LogP contribution in [0.15, 0.2) is 24.3 Å². The highest BCUT2D eigenvalue weighted by molar-refractivity contribution is 7.89. The van der Waals surface area contributed by atoms with Gasteiger partial charge in [0.1, 0.15) is 0 Å². The summed E-state index contributed by atoms with van der Waals surface area (Å²) in [5.41, 5.74) is 0.0765. The van der Waals surface area contributed by atoms with E-state index in [1.54, 1.807) is 0 Å². The Morgan fingerprint density at radius 3 is 1.07 bits per heavy atom. The fraction of sp³-hybridized carbons (Fsp3) is 0.850. The molecule has 0 aliphatic heterocycles. The van der Waals surface area contributed by atoms with Gasteiger partial charge in [0.25, 0.3) is 0 Å². The molecule has 0 spiro atoms. The van der Waals surface area contributed by atoms with Crippen molar-refractivity contribution in [2.45, 2.75) is 219 Å². The van der Waals surface area contributed by atoms with Crippen LogP contribution in [0, 0.1) is 0 Å². The molecule has 0 aromatic rings. The van der Waals surface area contributed by atoms with Crippen LogP contribution in [-0.2, 0) is 9.59 Å². The van der Waals surface area contributed by atoms with E-state index in [4.69, 9.17) is 0 Å². The first kappa shape index (κ1) is 43.2. The molecule has 1 atom stereocenters. The van der Waals surface area contributed by atoms with Gasteiger partial charge >= 0.3 is 0 Å². The quantitative estimate of drug-likeness (QED) is 0.0429. The van der Waals surface area contributed by atoms with Crippen LogP contribution in [0.4, 0.5) is 0 Å². The Balaban J connectivity index is 3.97. The van der Waals surface area contributed by atoms with E-state index < -0.39 is 13.8 Å². The summed E-state index contributed by atoms with van der Waals surface area (Å²) in [6, 6.07) is 0. The Labute approximate surface area is 276 Å². The van der Waals surface area contributed by atoms with Gasteiger partial charge in [-0.3, -0.25) is 9.59 Å². The van der Waals surface area contributed by atoms with Crippen molar-refractivity contribution in [2.24, 2.45) is 0 Å². The number of aliphatic hydroxyl groups is 1. The molecule has 0 aliphatic rings. The number of unbranched alkanes of at least 4 members (excludes halogenated alkanes) is 22. The van der Waals surface area contributed by atoms with Crippen molar-refractivity contribution in [3.8, 4) is 0 Å². The van der Waals surface area contributed by atoms with Gasteiger partial charge in [0, 0.05) is 12.8 Å². The van der Waals surface area contributed by atoms with Crippen LogP contribution in [0.5, 0.6) is 0 Å². The zero-order valence-electron chi connectivity index (χ0n) is 29.8. The fourth-order valence-corrected chi connectivity index (χ4v) is 8.05. The maximum Gasteiger partial charge on any atom is 0.164 e. The van der Waals surface area contributed by atoms with Gasteiger partial charge < -0.3 is 5.11 Å². The lowest BCUT2D eigenvalue weighted by atomic mass is 10.1. The van der Waals surface area contributed by atoms with E-state index in [2.05, 4.69) is 38.2 Å². The second-order valence-electron chi connectivity index (χ2n) is 13.1. The molecule has 258 valence electrons. The minimum Gasteiger partial charge on any atom is -0.388 e. The standard InChI is InChI=1S/C40H75O3P/c1-4-7-9-11-13-15-17-19-21-23-25-27-29-31-33-36-39(42)44(38(41)35-6-3)40(43)37-34-32-30-28-26-24-22-20-18-16-14-12-10-8-5-2/h19-22,38,41H,4-18,23-37H2,1-3H3. The van der Waals surface area contributed by atoms with Gasteiger partial charge in [-0.05, 0) is 70.6 Å². The average Bonchev–Trinajstić information content (AvgIpc) is 3.01. The van der Waals surface area contributed by atoms with Crippen LogP contribution < -0.4 is 0 Å². The summed E-state index contributed by atoms with van der Waals surface area (Å²) < 4.78 is 0. The third-order valence-electron chi connectivity index (χ3n) is 8.69. The number of rotatable bonds is 35. The molecule has 0 radical (unpaired) electrons. The third-order valence-corrected chi connectivity index (χ3v) is 11.1. The van der Waals surface area contributed by atoms with E-state index in [9.17, 15) is 14.7 Å². The zero-order valence-corrected chi connectivity index (χ0v) is 30.7. The molecule has 1 N–H and O–H groups in total. The highest BCUT2D eigenvalue weighted by atomic mass is 31.1. The zero-order chi connectivity index (χ0) is 32.4. The molecule has 0 fully saturated rings. The van der Waals surface area contributed by atoms with Crippen LogP contribution in [0.1, 0.15) is 213 Å². The minimum atomic E-state index is -1.58. The summed E-state index contributed by atoms with van der Waals surface area (Å²) in [4.78, 5) is 26.1. The number of hydrogen-bond acceptors (Lipinski definition) is 3. The van der Waals surface area contributed by atoms with Gasteiger partial charge in [0.05, 0.1) is 13.8 Å². The Morgan fingerprint density at radius 1 is 0.455 bits per heavy atom. The lowest BCUT2D eigenvalue weighted by molar-refractivity contribution is -0.114. The molecular weight excluding hydrogens is 559 g/mol. The largest absolute Gasteiger partial charge is 0.388 e. The van der Waals surface area contributed by atoms with Crippen molar-refractivity contribution in [1.29, 1.82) is 0 Å². The molecule has 1 unspecified atom stereocenters. The predicted molar refractivity (Wildman–Crippen MR) is 197 cm³/mol. The van der Waals surface area contributed by atoms with Gasteiger partial charge in [0.15, 0.2) is 11.0 Å². The number of hydrogen-bond donors (Lipinski definition) is 1. The highest BCUT2D eigenvalue weighted by Gasteiger charge is 2.31. The lowest BCUT2D eigenvalue weighted by Crippen LogP contribution is -2.17. The van der Waals surface area contributed by atoms with Crippen LogP contribution in [-0.4, -0.2) is 22.0 Å². The number of carbonyl (C=O) groups is 2. The van der Waals surface area contributed by atoms with E-state index in [1.807, 2.05) is 6.92 Å². The first-order chi connectivity index (χ1) is 21.6. The third kappa shape index (κ3) is 28.7. The summed E-state index contributed by atoms with van der Waals surface area (Å²) in [7, 11) is -1.58. The van der Waals surface area contributed by atoms with Crippen LogP contribution >= 0.6 is 7.92 Å². The van der Waals surface area contributed by atoms with E-state index >= 15 is 0 Å². The summed E-state index contributed by atoms with van der Waals surface area (Å²) >= 11 is 0. The van der Waals surface area contributed by atoms with Gasteiger partial charge in [-0.1, -0.05) is 154 Å². The molecule has 0 aliphatic carbocycles. The molecule has 0 rings (SSSR count). The first-order valence-corrected chi connectivity index (χ1v) is 20.8. The molecular formula is C40H75O3P. The summed E-state index contributed by atoms with van der Waals surface area (Å²) in [5, 5.41) is 10.7. The van der Waals surface area contributed by atoms with Gasteiger partial charge in [-0.15, -0.1) is 0 Å². The molecule has 0 aromatic heterocycles. The van der Waals surface area contributed by atoms with Crippen molar-refractivity contribution >= 4 is 19.0 Å². The molecule has 3 nitrogen and oxygen atoms in total. The summed E-state index contributed by atoms with van der Waals surface area (Å²) in [5.74, 6) is -0.749. The van der Waals surface area contributed by atoms with Crippen LogP contribution in [0.25, 0.3) is 0 Å². The van der Waals surface area contributed by atoms with Crippen molar-refractivity contribution in [3.05, 3.63) is 24.3 Å². The second kappa shape index (κ2) is 35.1. The Bertz CT molecular complexity index is 634. The Kier molecular flexibility index (Phi) is 34.4. The molecule has 0 amide bonds. The van der Waals surface area contributed by atoms with Crippen molar-refractivity contribution in [2.75, 3.05) is 0 Å². The molecule has 0 saturated heterocycles. The van der Waals surface area contributed by atoms with E-state index in [0.717, 1.165) is 57.8 Å². The normalized spacial score (nSPS) is 13.3. The molecule has 0 aromatic carbocycles. The smallest absolute Gasteiger partial charge is 0.164 e. The SMILES string of the molecule is CCCCCCCCC=CCCCCCCCC(=O)P(C(=O)CCCCCCCC=CCCCCCCCC)C(O)CCC. The molecule has 0 saturated carbocycles. The van der Waals surface area contributed by atoms with Crippen LogP contribution in [0.2, 0.25) is 0 Å². The first-order valence-electron chi connectivity index (χ1n) is 19.4. The van der Waals surface area contributed by atoms with Crippen LogP contribution in [0.3, 0.4) is 0 Å². The topological polar surface area (TPSA) is 54.4 Å². The van der Waals surface area contributed by atoms with Gasteiger partial charge in [0.2, 0.25) is 0 Å². The number of carbonyl (C=O) groups excluding carboxylic acids is 2. The lowest BCUT2D eigenvalue weighted by Gasteiger charge is -2.20. The maximum absolute atomic E-state index is 13.0. The van der Waals surface area contributed by atoms with E-state index in [1.165, 1.54) is 116 Å². The van der Waals surface area contributed by atoms with Gasteiger partial charge in [-0.25, -0.2) is 0 Å². The second-order valence-corrected chi connectivity index (χ2v) is 15.4. The van der Waals surface area contributed by atoms with Crippen molar-refractivity contribution in [1.82, 2.24) is 0 Å². The monoisotopic (exact) mass is 635 g/mol. The molecule has 0 bridgehead atoms. The number of aliphatic hydroxyl groups excluding tert-OH is 1. The van der Waals surface area contributed by atoms with E-state index in [0.29, 0.717) is 19.3 Å². The fourth-order valence-electron chi connectivity index (χ4n) is 5.79. The average molecular weight is 635 g/mol. The molecule has 4 heteroatoms.